The zero-order valence-electron chi connectivity index (χ0n) is 16.8. The van der Waals surface area contributed by atoms with E-state index in [-0.39, 0.29) is 23.1 Å². The van der Waals surface area contributed by atoms with Crippen molar-refractivity contribution in [1.29, 1.82) is 0 Å². The molecule has 0 spiro atoms. The molecule has 1 amide bonds. The lowest BCUT2D eigenvalue weighted by Crippen LogP contribution is -2.28. The number of rotatable bonds is 5. The van der Waals surface area contributed by atoms with Crippen LogP contribution in [0.5, 0.6) is 0 Å². The molecule has 1 unspecified atom stereocenters. The highest BCUT2D eigenvalue weighted by Crippen LogP contribution is 2.33. The summed E-state index contributed by atoms with van der Waals surface area (Å²) < 4.78 is 41.7. The maximum Gasteiger partial charge on any atom is 0.433 e. The second kappa shape index (κ2) is 8.14. The van der Waals surface area contributed by atoms with E-state index in [1.807, 2.05) is 38.1 Å². The SMILES string of the molecule is CCC(NC(=O)c1cc2nc(-c3cccs3)cc(C(F)(F)F)n2n1)c1ccc(C)cc1. The number of carbonyl (C=O) groups is 1. The first-order valence-electron chi connectivity index (χ1n) is 9.65. The molecule has 31 heavy (non-hydrogen) atoms. The van der Waals surface area contributed by atoms with Crippen LogP contribution in [0.1, 0.15) is 46.7 Å². The molecule has 0 aliphatic rings. The van der Waals surface area contributed by atoms with Gasteiger partial charge < -0.3 is 5.32 Å². The second-order valence-electron chi connectivity index (χ2n) is 7.15. The van der Waals surface area contributed by atoms with E-state index in [1.165, 1.54) is 17.4 Å². The largest absolute Gasteiger partial charge is 0.433 e. The van der Waals surface area contributed by atoms with Gasteiger partial charge in [0.1, 0.15) is 0 Å². The fourth-order valence-corrected chi connectivity index (χ4v) is 3.98. The van der Waals surface area contributed by atoms with Gasteiger partial charge in [0.15, 0.2) is 17.0 Å². The van der Waals surface area contributed by atoms with Crippen molar-refractivity contribution in [2.75, 3.05) is 0 Å². The Bertz CT molecular complexity index is 1210. The highest BCUT2D eigenvalue weighted by Gasteiger charge is 2.36. The van der Waals surface area contributed by atoms with Crippen LogP contribution in [0.4, 0.5) is 13.2 Å². The number of hydrogen-bond donors (Lipinski definition) is 1. The molecule has 4 aromatic rings. The van der Waals surface area contributed by atoms with Crippen molar-refractivity contribution in [1.82, 2.24) is 19.9 Å². The Labute approximate surface area is 180 Å². The van der Waals surface area contributed by atoms with Crippen LogP contribution in [0.2, 0.25) is 0 Å². The molecular weight excluding hydrogens is 425 g/mol. The first-order valence-corrected chi connectivity index (χ1v) is 10.5. The van der Waals surface area contributed by atoms with E-state index in [0.717, 1.165) is 17.2 Å². The monoisotopic (exact) mass is 444 g/mol. The predicted octanol–water partition coefficient (Wildman–Crippen LogP) is 5.67. The molecule has 0 saturated carbocycles. The lowest BCUT2D eigenvalue weighted by Gasteiger charge is -2.17. The van der Waals surface area contributed by atoms with Crippen molar-refractivity contribution >= 4 is 22.9 Å². The second-order valence-corrected chi connectivity index (χ2v) is 8.09. The Hall–Kier alpha value is -3.20. The topological polar surface area (TPSA) is 59.3 Å². The van der Waals surface area contributed by atoms with Crippen molar-refractivity contribution < 1.29 is 18.0 Å². The van der Waals surface area contributed by atoms with Gasteiger partial charge in [-0.15, -0.1) is 11.3 Å². The number of nitrogens with one attached hydrogen (secondary N) is 1. The molecule has 0 aliphatic carbocycles. The fourth-order valence-electron chi connectivity index (χ4n) is 3.29. The molecule has 1 N–H and O–H groups in total. The number of aryl methyl sites for hydroxylation is 1. The molecular formula is C22H19F3N4OS. The van der Waals surface area contributed by atoms with Gasteiger partial charge in [0.05, 0.1) is 16.6 Å². The average molecular weight is 444 g/mol. The number of nitrogens with zero attached hydrogens (tertiary/aromatic N) is 3. The summed E-state index contributed by atoms with van der Waals surface area (Å²) >= 11 is 1.29. The number of alkyl halides is 3. The van der Waals surface area contributed by atoms with E-state index < -0.39 is 17.8 Å². The minimum Gasteiger partial charge on any atom is -0.344 e. The Morgan fingerprint density at radius 1 is 1.19 bits per heavy atom. The molecule has 1 atom stereocenters. The highest BCUT2D eigenvalue weighted by molar-refractivity contribution is 7.13. The summed E-state index contributed by atoms with van der Waals surface area (Å²) in [7, 11) is 0. The van der Waals surface area contributed by atoms with Gasteiger partial charge in [-0.2, -0.15) is 18.3 Å². The van der Waals surface area contributed by atoms with Crippen molar-refractivity contribution in [3.63, 3.8) is 0 Å². The van der Waals surface area contributed by atoms with E-state index in [2.05, 4.69) is 15.4 Å². The van der Waals surface area contributed by atoms with Gasteiger partial charge >= 0.3 is 6.18 Å². The average Bonchev–Trinajstić information content (AvgIpc) is 3.40. The van der Waals surface area contributed by atoms with E-state index in [4.69, 9.17) is 0 Å². The third-order valence-corrected chi connectivity index (χ3v) is 5.81. The minimum atomic E-state index is -4.65. The van der Waals surface area contributed by atoms with Crippen molar-refractivity contribution in [2.24, 2.45) is 0 Å². The van der Waals surface area contributed by atoms with Crippen LogP contribution >= 0.6 is 11.3 Å². The van der Waals surface area contributed by atoms with Gasteiger partial charge in [-0.3, -0.25) is 4.79 Å². The molecule has 0 radical (unpaired) electrons. The summed E-state index contributed by atoms with van der Waals surface area (Å²) in [6.45, 7) is 3.89. The number of hydrogen-bond acceptors (Lipinski definition) is 4. The van der Waals surface area contributed by atoms with Gasteiger partial charge in [0.25, 0.3) is 5.91 Å². The standard InChI is InChI=1S/C22H19F3N4OS/c1-3-15(14-8-6-13(2)7-9-14)27-21(30)17-12-20-26-16(18-5-4-10-31-18)11-19(22(23,24)25)29(20)28-17/h4-12,15H,3H2,1-2H3,(H,27,30). The molecule has 5 nitrogen and oxygen atoms in total. The van der Waals surface area contributed by atoms with Gasteiger partial charge in [0, 0.05) is 6.07 Å². The smallest absolute Gasteiger partial charge is 0.344 e. The van der Waals surface area contributed by atoms with Crippen LogP contribution in [0.25, 0.3) is 16.2 Å². The lowest BCUT2D eigenvalue weighted by atomic mass is 10.0. The van der Waals surface area contributed by atoms with Crippen LogP contribution in [-0.2, 0) is 6.18 Å². The Morgan fingerprint density at radius 2 is 1.94 bits per heavy atom. The van der Waals surface area contributed by atoms with Crippen LogP contribution < -0.4 is 5.32 Å². The fraction of sp³-hybridized carbons (Fsp3) is 0.227. The molecule has 160 valence electrons. The summed E-state index contributed by atoms with van der Waals surface area (Å²) in [5, 5.41) is 8.54. The number of halogens is 3. The van der Waals surface area contributed by atoms with Gasteiger partial charge in [-0.1, -0.05) is 42.8 Å². The molecule has 3 heterocycles. The van der Waals surface area contributed by atoms with Gasteiger partial charge in [-0.25, -0.2) is 9.50 Å². The van der Waals surface area contributed by atoms with Gasteiger partial charge in [-0.05, 0) is 36.4 Å². The van der Waals surface area contributed by atoms with E-state index >= 15 is 0 Å². The number of fused-ring (bicyclic) bond motifs is 1. The molecule has 0 bridgehead atoms. The Balaban J connectivity index is 1.71. The van der Waals surface area contributed by atoms with Crippen molar-refractivity contribution in [2.45, 2.75) is 32.5 Å². The van der Waals surface area contributed by atoms with Crippen LogP contribution in [0.3, 0.4) is 0 Å². The zero-order valence-corrected chi connectivity index (χ0v) is 17.6. The molecule has 9 heteroatoms. The third kappa shape index (κ3) is 4.32. The van der Waals surface area contributed by atoms with Gasteiger partial charge in [0.2, 0.25) is 0 Å². The van der Waals surface area contributed by atoms with Crippen LogP contribution in [0, 0.1) is 6.92 Å². The van der Waals surface area contributed by atoms with E-state index in [0.29, 0.717) is 15.8 Å². The molecule has 4 rings (SSSR count). The lowest BCUT2D eigenvalue weighted by molar-refractivity contribution is -0.142. The maximum atomic E-state index is 13.7. The normalized spacial score (nSPS) is 12.8. The number of carbonyl (C=O) groups excluding carboxylic acids is 1. The number of benzene rings is 1. The van der Waals surface area contributed by atoms with Crippen molar-refractivity contribution in [3.05, 3.63) is 76.4 Å². The summed E-state index contributed by atoms with van der Waals surface area (Å²) in [6, 6.07) is 13.1. The molecule has 0 fully saturated rings. The predicted molar refractivity (Wildman–Crippen MR) is 113 cm³/mol. The molecule has 0 saturated heterocycles. The first kappa shape index (κ1) is 21.0. The van der Waals surface area contributed by atoms with E-state index in [1.54, 1.807) is 17.5 Å². The minimum absolute atomic E-state index is 0.0354. The number of amides is 1. The molecule has 1 aromatic carbocycles. The maximum absolute atomic E-state index is 13.7. The summed E-state index contributed by atoms with van der Waals surface area (Å²) in [5.41, 5.74) is 1.06. The third-order valence-electron chi connectivity index (χ3n) is 4.92. The Kier molecular flexibility index (Phi) is 5.53. The Morgan fingerprint density at radius 3 is 2.55 bits per heavy atom. The summed E-state index contributed by atoms with van der Waals surface area (Å²) in [5.74, 6) is -0.552. The van der Waals surface area contributed by atoms with Crippen LogP contribution in [0.15, 0.2) is 53.9 Å². The quantitative estimate of drug-likeness (QED) is 0.432. The highest BCUT2D eigenvalue weighted by atomic mass is 32.1. The summed E-state index contributed by atoms with van der Waals surface area (Å²) in [4.78, 5) is 17.7. The van der Waals surface area contributed by atoms with Crippen LogP contribution in [-0.4, -0.2) is 20.5 Å². The zero-order chi connectivity index (χ0) is 22.2. The molecule has 0 aliphatic heterocycles. The van der Waals surface area contributed by atoms with E-state index in [9.17, 15) is 18.0 Å². The first-order chi connectivity index (χ1) is 14.8. The number of thiophene rings is 1. The summed E-state index contributed by atoms with van der Waals surface area (Å²) in [6.07, 6.45) is -4.03. The van der Waals surface area contributed by atoms with Crippen molar-refractivity contribution in [3.8, 4) is 10.6 Å². The molecule has 3 aromatic heterocycles. The number of aromatic nitrogens is 3.